The van der Waals surface area contributed by atoms with Crippen molar-refractivity contribution in [2.45, 2.75) is 24.9 Å². The van der Waals surface area contributed by atoms with Gasteiger partial charge < -0.3 is 10.1 Å². The molecule has 0 bridgehead atoms. The molecule has 0 saturated carbocycles. The lowest BCUT2D eigenvalue weighted by Gasteiger charge is -2.11. The highest BCUT2D eigenvalue weighted by Crippen LogP contribution is 2.33. The molecule has 2 rings (SSSR count). The van der Waals surface area contributed by atoms with Crippen molar-refractivity contribution in [1.29, 1.82) is 0 Å². The molecule has 0 aliphatic carbocycles. The summed E-state index contributed by atoms with van der Waals surface area (Å²) in [4.78, 5) is 4.05. The van der Waals surface area contributed by atoms with Crippen LogP contribution >= 0.6 is 23.2 Å². The lowest BCUT2D eigenvalue weighted by atomic mass is 10.3. The Kier molecular flexibility index (Phi) is 9.33. The van der Waals surface area contributed by atoms with Gasteiger partial charge in [0, 0.05) is 6.20 Å². The van der Waals surface area contributed by atoms with Crippen LogP contribution in [-0.2, 0) is 15.5 Å². The van der Waals surface area contributed by atoms with Crippen LogP contribution in [0.5, 0.6) is 0 Å². The third-order valence-corrected chi connectivity index (χ3v) is 6.21. The van der Waals surface area contributed by atoms with Crippen LogP contribution in [0.3, 0.4) is 0 Å². The minimum Gasteiger partial charge on any atom is -0.494 e. The smallest absolute Gasteiger partial charge is 0.400 e. The number of aromatic nitrogens is 2. The van der Waals surface area contributed by atoms with Crippen LogP contribution in [-0.4, -0.2) is 38.9 Å². The van der Waals surface area contributed by atoms with Gasteiger partial charge in [0.25, 0.3) is 0 Å². The van der Waals surface area contributed by atoms with E-state index in [1.165, 1.54) is 18.5 Å². The molecule has 0 aliphatic rings. The predicted octanol–water partition coefficient (Wildman–Crippen LogP) is 6.69. The molecule has 1 aromatic carbocycles. The molecular weight excluding hydrogens is 500 g/mol. The molecule has 12 heteroatoms. The summed E-state index contributed by atoms with van der Waals surface area (Å²) in [6, 6.07) is 2.40. The van der Waals surface area contributed by atoms with E-state index in [1.54, 1.807) is 23.0 Å². The summed E-state index contributed by atoms with van der Waals surface area (Å²) in [6.45, 7) is 11.6. The maximum atomic E-state index is 12.6. The van der Waals surface area contributed by atoms with Crippen molar-refractivity contribution >= 4 is 63.3 Å². The molecule has 1 N–H and O–H groups in total. The second-order valence-corrected chi connectivity index (χ2v) is 8.59. The highest BCUT2D eigenvalue weighted by molar-refractivity contribution is 7.85. The van der Waals surface area contributed by atoms with Gasteiger partial charge in [-0.3, -0.25) is 4.21 Å². The van der Waals surface area contributed by atoms with Crippen LogP contribution < -0.4 is 5.32 Å². The van der Waals surface area contributed by atoms with Crippen LogP contribution in [0.4, 0.5) is 24.7 Å². The Hall–Kier alpha value is -2.56. The Bertz CT molecular complexity index is 1130. The number of alkyl halides is 3. The Morgan fingerprint density at radius 2 is 2.06 bits per heavy atom. The topological polar surface area (TPSA) is 68.5 Å². The summed E-state index contributed by atoms with van der Waals surface area (Å²) in [5, 5.41) is 7.11. The fraction of sp³-hybridized carbons (Fsp3) is 0.238. The van der Waals surface area contributed by atoms with Gasteiger partial charge in [-0.1, -0.05) is 42.4 Å². The largest absolute Gasteiger partial charge is 0.494 e. The van der Waals surface area contributed by atoms with E-state index in [1.807, 2.05) is 13.8 Å². The van der Waals surface area contributed by atoms with Gasteiger partial charge in [0.15, 0.2) is 5.82 Å². The summed E-state index contributed by atoms with van der Waals surface area (Å²) >= 11 is 12.1. The molecule has 33 heavy (non-hydrogen) atoms. The van der Waals surface area contributed by atoms with Crippen molar-refractivity contribution in [3.63, 3.8) is 0 Å². The minimum absolute atomic E-state index is 0.103. The number of aliphatic imine (C=N–C) groups is 1. The molecular formula is C21H21Cl2F3N4O2S. The summed E-state index contributed by atoms with van der Waals surface area (Å²) in [5.74, 6) is -0.920. The van der Waals surface area contributed by atoms with E-state index in [2.05, 4.69) is 28.6 Å². The lowest BCUT2D eigenvalue weighted by Crippen LogP contribution is -2.18. The van der Waals surface area contributed by atoms with Crippen LogP contribution in [0.2, 0.25) is 10.0 Å². The first-order chi connectivity index (χ1) is 15.5. The first-order valence-electron chi connectivity index (χ1n) is 9.44. The Balaban J connectivity index is 2.35. The monoisotopic (exact) mass is 520 g/mol. The molecule has 0 radical (unpaired) electrons. The van der Waals surface area contributed by atoms with Crippen LogP contribution in [0.15, 0.2) is 53.5 Å². The van der Waals surface area contributed by atoms with Gasteiger partial charge >= 0.3 is 6.18 Å². The molecule has 0 saturated heterocycles. The van der Waals surface area contributed by atoms with Crippen molar-refractivity contribution in [2.24, 2.45) is 4.99 Å². The molecule has 1 aromatic heterocycles. The van der Waals surface area contributed by atoms with E-state index in [0.29, 0.717) is 23.6 Å². The molecule has 6 nitrogen and oxygen atoms in total. The molecule has 0 amide bonds. The van der Waals surface area contributed by atoms with Crippen molar-refractivity contribution < 1.29 is 22.1 Å². The number of rotatable bonds is 10. The minimum atomic E-state index is -4.61. The van der Waals surface area contributed by atoms with Gasteiger partial charge in [0.2, 0.25) is 0 Å². The first-order valence-corrected chi connectivity index (χ1v) is 11.5. The number of hydrogen-bond acceptors (Lipinski definition) is 4. The predicted molar refractivity (Wildman–Crippen MR) is 129 cm³/mol. The summed E-state index contributed by atoms with van der Waals surface area (Å²) in [5.41, 5.74) is 1.39. The van der Waals surface area contributed by atoms with E-state index >= 15 is 0 Å². The van der Waals surface area contributed by atoms with Gasteiger partial charge in [-0.25, -0.2) is 9.67 Å². The van der Waals surface area contributed by atoms with E-state index in [-0.39, 0.29) is 26.4 Å². The molecule has 0 fully saturated rings. The zero-order valence-electron chi connectivity index (χ0n) is 17.7. The zero-order chi connectivity index (χ0) is 24.8. The summed E-state index contributed by atoms with van der Waals surface area (Å²) in [6.07, 6.45) is 1.72. The zero-order valence-corrected chi connectivity index (χ0v) is 20.1. The average molecular weight is 521 g/mol. The number of nitrogens with zero attached hydrogens (tertiary/aromatic N) is 3. The number of benzene rings is 1. The second kappa shape index (κ2) is 11.5. The molecule has 0 spiro atoms. The fourth-order valence-corrected chi connectivity index (χ4v) is 4.26. The number of nitrogens with one attached hydrogen (secondary N) is 1. The quantitative estimate of drug-likeness (QED) is 0.164. The Morgan fingerprint density at radius 3 is 2.64 bits per heavy atom. The Labute approximate surface area is 201 Å². The van der Waals surface area contributed by atoms with Gasteiger partial charge in [-0.2, -0.15) is 13.2 Å². The van der Waals surface area contributed by atoms with Crippen molar-refractivity contribution in [3.8, 4) is 0 Å². The van der Waals surface area contributed by atoms with Crippen LogP contribution in [0, 0.1) is 0 Å². The highest BCUT2D eigenvalue weighted by atomic mass is 35.5. The van der Waals surface area contributed by atoms with Crippen molar-refractivity contribution in [2.75, 3.05) is 17.7 Å². The number of hydrogen-bond donors (Lipinski definition) is 1. The van der Waals surface area contributed by atoms with Gasteiger partial charge in [-0.15, -0.1) is 5.10 Å². The van der Waals surface area contributed by atoms with Crippen LogP contribution in [0.25, 0.3) is 11.5 Å². The molecule has 0 aliphatic heterocycles. The lowest BCUT2D eigenvalue weighted by molar-refractivity contribution is -0.105. The normalized spacial score (nSPS) is 13.2. The molecule has 1 heterocycles. The SMILES string of the molecule is C=C/C(=C\C)n1cc(C(=C)OCC)c(N=CNc2cc(S(=O)CC(F)(F)F)c(Cl)cc2Cl)n1. The van der Waals surface area contributed by atoms with E-state index in [9.17, 15) is 17.4 Å². The molecule has 1 atom stereocenters. The number of allylic oxidation sites excluding steroid dienone is 3. The average Bonchev–Trinajstić information content (AvgIpc) is 3.13. The summed E-state index contributed by atoms with van der Waals surface area (Å²) in [7, 11) is -2.40. The van der Waals surface area contributed by atoms with Crippen LogP contribution in [0.1, 0.15) is 19.4 Å². The maximum Gasteiger partial charge on any atom is 0.400 e. The van der Waals surface area contributed by atoms with E-state index in [4.69, 9.17) is 27.9 Å². The second-order valence-electron chi connectivity index (χ2n) is 6.35. The molecule has 1 unspecified atom stereocenters. The van der Waals surface area contributed by atoms with Crippen molar-refractivity contribution in [1.82, 2.24) is 9.78 Å². The number of ether oxygens (including phenoxy) is 1. The summed E-state index contributed by atoms with van der Waals surface area (Å²) < 4.78 is 57.0. The van der Waals surface area contributed by atoms with Gasteiger partial charge in [0.1, 0.15) is 11.5 Å². The standard InChI is InChI=1S/C21H21Cl2F3N4O2S/c1-5-14(6-2)30-10-15(13(4)32-7-3)20(29-30)28-12-27-18-9-19(17(23)8-16(18)22)33(31)11-21(24,25)26/h5-6,8-10,12H,1,4,7,11H2,2-3H3,(H,27,28,29)/b14-6+. The highest BCUT2D eigenvalue weighted by Gasteiger charge is 2.32. The van der Waals surface area contributed by atoms with Gasteiger partial charge in [-0.05, 0) is 32.1 Å². The maximum absolute atomic E-state index is 12.6. The number of halogens is 5. The Morgan fingerprint density at radius 1 is 1.36 bits per heavy atom. The fourth-order valence-electron chi connectivity index (χ4n) is 2.59. The van der Waals surface area contributed by atoms with E-state index < -0.39 is 22.7 Å². The third-order valence-electron chi connectivity index (χ3n) is 4.05. The van der Waals surface area contributed by atoms with E-state index in [0.717, 1.165) is 0 Å². The third kappa shape index (κ3) is 7.21. The first kappa shape index (κ1) is 26.7. The molecule has 178 valence electrons. The van der Waals surface area contributed by atoms with Crippen molar-refractivity contribution in [3.05, 3.63) is 59.2 Å². The number of anilines is 1. The molecule has 2 aromatic rings. The van der Waals surface area contributed by atoms with Gasteiger partial charge in [0.05, 0.1) is 55.6 Å².